The Morgan fingerprint density at radius 1 is 1.53 bits per heavy atom. The van der Waals surface area contributed by atoms with Crippen LogP contribution in [-0.4, -0.2) is 24.4 Å². The van der Waals surface area contributed by atoms with Gasteiger partial charge in [-0.2, -0.15) is 0 Å². The number of rotatable bonds is 3. The highest BCUT2D eigenvalue weighted by Crippen LogP contribution is 2.28. The van der Waals surface area contributed by atoms with E-state index in [1.54, 1.807) is 0 Å². The van der Waals surface area contributed by atoms with Crippen molar-refractivity contribution in [2.24, 2.45) is 0 Å². The van der Waals surface area contributed by atoms with Gasteiger partial charge >= 0.3 is 0 Å². The Labute approximate surface area is 99.9 Å². The molecule has 2 heterocycles. The summed E-state index contributed by atoms with van der Waals surface area (Å²) in [6, 6.07) is 6.30. The molecule has 1 aliphatic rings. The van der Waals surface area contributed by atoms with Gasteiger partial charge in [-0.3, -0.25) is 0 Å². The minimum atomic E-state index is 0.477. The number of nitrogens with zero attached hydrogens (tertiary/aromatic N) is 1. The summed E-state index contributed by atoms with van der Waals surface area (Å²) in [6.07, 6.45) is 2.43. The summed E-state index contributed by atoms with van der Waals surface area (Å²) in [6.45, 7) is 3.75. The maximum Gasteiger partial charge on any atom is 0.170 e. The average molecular weight is 232 g/mol. The van der Waals surface area contributed by atoms with Crippen LogP contribution in [0.25, 0.3) is 11.0 Å². The van der Waals surface area contributed by atoms with Gasteiger partial charge < -0.3 is 14.6 Å². The Hall–Kier alpha value is -1.55. The van der Waals surface area contributed by atoms with Crippen LogP contribution in [0, 0.1) is 6.92 Å². The second-order valence-corrected chi connectivity index (χ2v) is 4.50. The molecule has 0 aliphatic carbocycles. The molecule has 90 valence electrons. The van der Waals surface area contributed by atoms with E-state index in [9.17, 15) is 0 Å². The lowest BCUT2D eigenvalue weighted by atomic mass is 10.2. The number of aryl methyl sites for hydroxylation is 1. The average Bonchev–Trinajstić information content (AvgIpc) is 2.97. The van der Waals surface area contributed by atoms with Gasteiger partial charge in [-0.1, -0.05) is 11.2 Å². The van der Waals surface area contributed by atoms with E-state index < -0.39 is 0 Å². The largest absolute Gasteiger partial charge is 0.491 e. The van der Waals surface area contributed by atoms with Crippen LogP contribution in [0.5, 0.6) is 5.75 Å². The van der Waals surface area contributed by atoms with Gasteiger partial charge in [0, 0.05) is 6.04 Å². The van der Waals surface area contributed by atoms with E-state index in [0.29, 0.717) is 12.6 Å². The smallest absolute Gasteiger partial charge is 0.170 e. The Kier molecular flexibility index (Phi) is 2.73. The fraction of sp³-hybridized carbons (Fsp3) is 0.462. The lowest BCUT2D eigenvalue weighted by molar-refractivity contribution is 0.280. The zero-order valence-electron chi connectivity index (χ0n) is 9.90. The maximum absolute atomic E-state index is 5.88. The first-order valence-corrected chi connectivity index (χ1v) is 6.06. The quantitative estimate of drug-likeness (QED) is 0.881. The molecule has 4 heteroatoms. The van der Waals surface area contributed by atoms with Crippen LogP contribution in [0.1, 0.15) is 18.5 Å². The van der Waals surface area contributed by atoms with Gasteiger partial charge in [-0.05, 0) is 38.4 Å². The van der Waals surface area contributed by atoms with Crippen molar-refractivity contribution in [1.29, 1.82) is 0 Å². The van der Waals surface area contributed by atoms with E-state index in [0.717, 1.165) is 29.0 Å². The third-order valence-corrected chi connectivity index (χ3v) is 3.23. The van der Waals surface area contributed by atoms with Gasteiger partial charge in [0.2, 0.25) is 0 Å². The van der Waals surface area contributed by atoms with E-state index in [4.69, 9.17) is 9.26 Å². The Balaban J connectivity index is 1.81. The topological polar surface area (TPSA) is 47.3 Å². The fourth-order valence-corrected chi connectivity index (χ4v) is 2.32. The SMILES string of the molecule is Cc1noc2cccc(OCC3CCCN3)c12. The molecule has 0 bridgehead atoms. The molecule has 1 N–H and O–H groups in total. The number of ether oxygens (including phenoxy) is 1. The van der Waals surface area contributed by atoms with Crippen LogP contribution in [0.3, 0.4) is 0 Å². The number of hydrogen-bond donors (Lipinski definition) is 1. The molecule has 0 spiro atoms. The van der Waals surface area contributed by atoms with Crippen molar-refractivity contribution in [1.82, 2.24) is 10.5 Å². The van der Waals surface area contributed by atoms with Gasteiger partial charge in [-0.15, -0.1) is 0 Å². The third kappa shape index (κ3) is 2.00. The van der Waals surface area contributed by atoms with Crippen molar-refractivity contribution >= 4 is 11.0 Å². The predicted octanol–water partition coefficient (Wildman–Crippen LogP) is 2.27. The standard InChI is InChI=1S/C13H16N2O2/c1-9-13-11(5-2-6-12(13)17-15-9)16-8-10-4-3-7-14-10/h2,5-6,10,14H,3-4,7-8H2,1H3. The summed E-state index contributed by atoms with van der Waals surface area (Å²) in [5.74, 6) is 0.870. The first-order valence-electron chi connectivity index (χ1n) is 6.06. The predicted molar refractivity (Wildman–Crippen MR) is 65.3 cm³/mol. The summed E-state index contributed by atoms with van der Waals surface area (Å²) in [5, 5.41) is 8.38. The minimum Gasteiger partial charge on any atom is -0.491 e. The number of benzene rings is 1. The van der Waals surface area contributed by atoms with E-state index in [1.807, 2.05) is 25.1 Å². The Bertz CT molecular complexity index is 515. The highest BCUT2D eigenvalue weighted by molar-refractivity contribution is 5.85. The Morgan fingerprint density at radius 3 is 3.29 bits per heavy atom. The summed E-state index contributed by atoms with van der Waals surface area (Å²) >= 11 is 0. The van der Waals surface area contributed by atoms with Crippen LogP contribution >= 0.6 is 0 Å². The first kappa shape index (κ1) is 10.6. The van der Waals surface area contributed by atoms with Crippen molar-refractivity contribution in [2.45, 2.75) is 25.8 Å². The van der Waals surface area contributed by atoms with Crippen molar-refractivity contribution in [2.75, 3.05) is 13.2 Å². The zero-order chi connectivity index (χ0) is 11.7. The van der Waals surface area contributed by atoms with Crippen molar-refractivity contribution in [3.05, 3.63) is 23.9 Å². The van der Waals surface area contributed by atoms with Gasteiger partial charge in [0.05, 0.1) is 11.1 Å². The molecular formula is C13H16N2O2. The molecule has 1 aromatic heterocycles. The molecule has 1 aliphatic heterocycles. The van der Waals surface area contributed by atoms with Crippen LogP contribution in [0.15, 0.2) is 22.7 Å². The number of aromatic nitrogens is 1. The zero-order valence-corrected chi connectivity index (χ0v) is 9.90. The summed E-state index contributed by atoms with van der Waals surface area (Å²) in [4.78, 5) is 0. The molecule has 0 amide bonds. The summed E-state index contributed by atoms with van der Waals surface area (Å²) in [5.41, 5.74) is 1.68. The summed E-state index contributed by atoms with van der Waals surface area (Å²) in [7, 11) is 0. The normalized spacial score (nSPS) is 19.9. The molecule has 1 fully saturated rings. The lowest BCUT2D eigenvalue weighted by Crippen LogP contribution is -2.28. The highest BCUT2D eigenvalue weighted by atomic mass is 16.5. The molecule has 1 saturated heterocycles. The fourth-order valence-electron chi connectivity index (χ4n) is 2.32. The van der Waals surface area contributed by atoms with E-state index in [2.05, 4.69) is 10.5 Å². The molecule has 17 heavy (non-hydrogen) atoms. The van der Waals surface area contributed by atoms with Crippen LogP contribution in [0.4, 0.5) is 0 Å². The third-order valence-electron chi connectivity index (χ3n) is 3.23. The van der Waals surface area contributed by atoms with Crippen LogP contribution in [0.2, 0.25) is 0 Å². The second kappa shape index (κ2) is 4.37. The molecular weight excluding hydrogens is 216 g/mol. The molecule has 1 atom stereocenters. The summed E-state index contributed by atoms with van der Waals surface area (Å²) < 4.78 is 11.1. The van der Waals surface area contributed by atoms with Crippen molar-refractivity contribution in [3.63, 3.8) is 0 Å². The van der Waals surface area contributed by atoms with Gasteiger partial charge in [0.25, 0.3) is 0 Å². The maximum atomic E-state index is 5.88. The first-order chi connectivity index (χ1) is 8.34. The molecule has 0 radical (unpaired) electrons. The number of nitrogens with one attached hydrogen (secondary N) is 1. The van der Waals surface area contributed by atoms with E-state index in [-0.39, 0.29) is 0 Å². The van der Waals surface area contributed by atoms with Crippen LogP contribution in [-0.2, 0) is 0 Å². The van der Waals surface area contributed by atoms with E-state index in [1.165, 1.54) is 12.8 Å². The highest BCUT2D eigenvalue weighted by Gasteiger charge is 2.16. The van der Waals surface area contributed by atoms with Gasteiger partial charge in [0.15, 0.2) is 5.58 Å². The van der Waals surface area contributed by atoms with Crippen molar-refractivity contribution in [3.8, 4) is 5.75 Å². The molecule has 2 aromatic rings. The molecule has 0 saturated carbocycles. The molecule has 3 rings (SSSR count). The lowest BCUT2D eigenvalue weighted by Gasteiger charge is -2.12. The van der Waals surface area contributed by atoms with Gasteiger partial charge in [0.1, 0.15) is 12.4 Å². The van der Waals surface area contributed by atoms with Gasteiger partial charge in [-0.25, -0.2) is 0 Å². The van der Waals surface area contributed by atoms with E-state index >= 15 is 0 Å². The number of fused-ring (bicyclic) bond motifs is 1. The van der Waals surface area contributed by atoms with Crippen LogP contribution < -0.4 is 10.1 Å². The minimum absolute atomic E-state index is 0.477. The monoisotopic (exact) mass is 232 g/mol. The molecule has 1 aromatic carbocycles. The number of hydrogen-bond acceptors (Lipinski definition) is 4. The van der Waals surface area contributed by atoms with Crippen molar-refractivity contribution < 1.29 is 9.26 Å². The Morgan fingerprint density at radius 2 is 2.47 bits per heavy atom. The molecule has 1 unspecified atom stereocenters. The molecule has 4 nitrogen and oxygen atoms in total. The second-order valence-electron chi connectivity index (χ2n) is 4.50.